The van der Waals surface area contributed by atoms with Crippen LogP contribution >= 0.6 is 0 Å². The van der Waals surface area contributed by atoms with E-state index in [0.717, 1.165) is 12.0 Å². The fraction of sp³-hybridized carbons (Fsp3) is 0.341. The number of primary amides is 1. The molecule has 0 spiro atoms. The second-order valence-corrected chi connectivity index (χ2v) is 14.6. The van der Waals surface area contributed by atoms with Crippen LogP contribution in [0.15, 0.2) is 72.8 Å². The highest BCUT2D eigenvalue weighted by molar-refractivity contribution is 6.06. The third-order valence-corrected chi connectivity index (χ3v) is 11.0. The molecule has 6 amide bonds. The summed E-state index contributed by atoms with van der Waals surface area (Å²) in [5.41, 5.74) is 10.6. The van der Waals surface area contributed by atoms with Gasteiger partial charge in [-0.15, -0.1) is 0 Å². The zero-order valence-electron chi connectivity index (χ0n) is 31.5. The summed E-state index contributed by atoms with van der Waals surface area (Å²) in [5.74, 6) is -0.310. The molecule has 17 nitrogen and oxygen atoms in total. The zero-order chi connectivity index (χ0) is 40.3. The van der Waals surface area contributed by atoms with Crippen LogP contribution in [0.5, 0.6) is 17.2 Å². The molecule has 17 heteroatoms. The lowest BCUT2D eigenvalue weighted by molar-refractivity contribution is -0.147. The molecule has 4 aliphatic heterocycles. The summed E-state index contributed by atoms with van der Waals surface area (Å²) in [6.07, 6.45) is 2.55. The fourth-order valence-corrected chi connectivity index (χ4v) is 8.15. The summed E-state index contributed by atoms with van der Waals surface area (Å²) >= 11 is 0. The number of likely N-dealkylation sites (tertiary alicyclic amines) is 1. The van der Waals surface area contributed by atoms with Crippen molar-refractivity contribution in [1.29, 1.82) is 0 Å². The highest BCUT2D eigenvalue weighted by Crippen LogP contribution is 2.40. The van der Waals surface area contributed by atoms with Crippen LogP contribution in [0.4, 0.5) is 5.82 Å². The smallest absolute Gasteiger partial charge is 0.281 e. The average molecular weight is 791 g/mol. The number of anilines is 1. The van der Waals surface area contributed by atoms with Crippen LogP contribution in [-0.4, -0.2) is 93.9 Å². The van der Waals surface area contributed by atoms with Gasteiger partial charge in [0.25, 0.3) is 23.6 Å². The van der Waals surface area contributed by atoms with E-state index in [2.05, 4.69) is 16.1 Å². The lowest BCUT2D eigenvalue weighted by Crippen LogP contribution is -2.52. The number of para-hydroxylation sites is 1. The maximum Gasteiger partial charge on any atom is 0.281 e. The largest absolute Gasteiger partial charge is 0.483 e. The Labute approximate surface area is 332 Å². The molecule has 4 aliphatic rings. The minimum absolute atomic E-state index is 0.0129. The molecule has 8 rings (SSSR count). The summed E-state index contributed by atoms with van der Waals surface area (Å²) in [5, 5.41) is 10.5. The topological polar surface area (TPSA) is 217 Å². The number of fused-ring (bicyclic) bond motifs is 2. The lowest BCUT2D eigenvalue weighted by Gasteiger charge is -2.38. The molecule has 0 radical (unpaired) electrons. The average Bonchev–Trinajstić information content (AvgIpc) is 3.79. The van der Waals surface area contributed by atoms with Gasteiger partial charge in [0, 0.05) is 42.7 Å². The maximum atomic E-state index is 13.1. The first-order chi connectivity index (χ1) is 28.1. The third-order valence-electron chi connectivity index (χ3n) is 11.0. The van der Waals surface area contributed by atoms with Gasteiger partial charge in [0.15, 0.2) is 13.2 Å². The van der Waals surface area contributed by atoms with Crippen LogP contribution in [0.25, 0.3) is 11.3 Å². The molecule has 2 atom stereocenters. The van der Waals surface area contributed by atoms with E-state index in [-0.39, 0.29) is 55.7 Å². The Balaban J connectivity index is 0.817. The quantitative estimate of drug-likeness (QED) is 0.121. The number of piperidine rings is 2. The molecule has 0 saturated carbocycles. The number of hydrogen-bond donors (Lipinski definition) is 4. The molecule has 300 valence electrons. The van der Waals surface area contributed by atoms with Gasteiger partial charge in [-0.25, -0.2) is 10.2 Å². The van der Waals surface area contributed by atoms with E-state index < -0.39 is 30.4 Å². The van der Waals surface area contributed by atoms with Gasteiger partial charge in [0.2, 0.25) is 11.8 Å². The first-order valence-electron chi connectivity index (χ1n) is 19.2. The molecule has 2 saturated heterocycles. The summed E-state index contributed by atoms with van der Waals surface area (Å²) in [4.78, 5) is 83.8. The van der Waals surface area contributed by atoms with Gasteiger partial charge in [0.1, 0.15) is 40.4 Å². The Kier molecular flexibility index (Phi) is 10.8. The Morgan fingerprint density at radius 1 is 0.879 bits per heavy atom. The minimum atomic E-state index is -0.777. The van der Waals surface area contributed by atoms with Crippen LogP contribution in [0, 0.1) is 5.92 Å². The third kappa shape index (κ3) is 7.80. The highest BCUT2D eigenvalue weighted by Gasteiger charge is 2.40. The van der Waals surface area contributed by atoms with Crippen molar-refractivity contribution in [3.05, 3.63) is 89.5 Å². The second kappa shape index (κ2) is 16.4. The van der Waals surface area contributed by atoms with Gasteiger partial charge in [-0.05, 0) is 80.1 Å². The van der Waals surface area contributed by atoms with Crippen molar-refractivity contribution in [3.8, 4) is 28.5 Å². The van der Waals surface area contributed by atoms with Crippen molar-refractivity contribution in [2.75, 3.05) is 38.2 Å². The number of carbonyl (C=O) groups excluding carboxylic acids is 6. The van der Waals surface area contributed by atoms with Crippen LogP contribution in [0.1, 0.15) is 64.4 Å². The molecule has 1 unspecified atom stereocenters. The Morgan fingerprint density at radius 2 is 1.64 bits per heavy atom. The van der Waals surface area contributed by atoms with Crippen molar-refractivity contribution in [2.45, 2.75) is 50.7 Å². The molecule has 58 heavy (non-hydrogen) atoms. The predicted molar refractivity (Wildman–Crippen MR) is 206 cm³/mol. The van der Waals surface area contributed by atoms with E-state index >= 15 is 0 Å². The zero-order valence-corrected chi connectivity index (χ0v) is 31.5. The second-order valence-electron chi connectivity index (χ2n) is 14.6. The van der Waals surface area contributed by atoms with Crippen molar-refractivity contribution in [1.82, 2.24) is 30.4 Å². The van der Waals surface area contributed by atoms with Gasteiger partial charge in [0.05, 0.1) is 12.6 Å². The molecule has 4 aromatic rings. The monoisotopic (exact) mass is 790 g/mol. The number of rotatable bonds is 12. The Bertz CT molecular complexity index is 2250. The minimum Gasteiger partial charge on any atom is -0.483 e. The Hall–Kier alpha value is -6.75. The van der Waals surface area contributed by atoms with Crippen LogP contribution < -0.4 is 31.3 Å². The van der Waals surface area contributed by atoms with Crippen LogP contribution in [0.2, 0.25) is 0 Å². The maximum absolute atomic E-state index is 13.1. The number of imide groups is 1. The molecule has 5 N–H and O–H groups in total. The van der Waals surface area contributed by atoms with E-state index in [1.165, 1.54) is 4.90 Å². The number of hydroxylamine groups is 1. The van der Waals surface area contributed by atoms with Gasteiger partial charge in [-0.2, -0.15) is 5.10 Å². The number of nitrogens with one attached hydrogen (secondary N) is 3. The van der Waals surface area contributed by atoms with E-state index in [4.69, 9.17) is 25.1 Å². The number of hydrogen-bond acceptors (Lipinski definition) is 11. The van der Waals surface area contributed by atoms with Gasteiger partial charge >= 0.3 is 0 Å². The number of amides is 6. The van der Waals surface area contributed by atoms with Crippen molar-refractivity contribution < 1.29 is 43.1 Å². The number of benzene rings is 3. The molecule has 0 aliphatic carbocycles. The number of ether oxygens (including phenoxy) is 2. The highest BCUT2D eigenvalue weighted by atomic mass is 16.7. The van der Waals surface area contributed by atoms with Crippen LogP contribution in [0.3, 0.4) is 0 Å². The summed E-state index contributed by atoms with van der Waals surface area (Å²) in [7, 11) is 0. The molecule has 1 aromatic heterocycles. The summed E-state index contributed by atoms with van der Waals surface area (Å²) in [6, 6.07) is 20.9. The van der Waals surface area contributed by atoms with Crippen LogP contribution in [-0.2, 0) is 30.6 Å². The first-order valence-corrected chi connectivity index (χ1v) is 19.2. The molecule has 3 aromatic carbocycles. The normalized spacial score (nSPS) is 19.1. The van der Waals surface area contributed by atoms with Gasteiger partial charge in [-0.3, -0.25) is 38.9 Å². The van der Waals surface area contributed by atoms with Gasteiger partial charge < -0.3 is 30.3 Å². The molecule has 2 fully saturated rings. The Morgan fingerprint density at radius 3 is 2.38 bits per heavy atom. The predicted octanol–water partition coefficient (Wildman–Crippen LogP) is 2.92. The van der Waals surface area contributed by atoms with E-state index in [0.29, 0.717) is 77.9 Å². The van der Waals surface area contributed by atoms with Crippen molar-refractivity contribution in [3.63, 3.8) is 0 Å². The number of carbonyl (C=O) groups is 6. The molecular formula is C41H42N8O9. The van der Waals surface area contributed by atoms with E-state index in [9.17, 15) is 28.8 Å². The van der Waals surface area contributed by atoms with Crippen molar-refractivity contribution >= 4 is 41.3 Å². The van der Waals surface area contributed by atoms with E-state index in [1.807, 2.05) is 59.3 Å². The molecular weight excluding hydrogens is 748 g/mol. The lowest BCUT2D eigenvalue weighted by atomic mass is 9.87. The first kappa shape index (κ1) is 38.1. The SMILES string of the molecule is NC(=O)c1c(-c2ccc(Oc3ccccc3)cc2)nn2c1NCC[C@H]2C1CCN(C(=O)CONC(=O)COc2cccc3c2CN(C2CCC(=O)NC2=O)C3=O)CC1. The summed E-state index contributed by atoms with van der Waals surface area (Å²) in [6.45, 7) is 0.886. The van der Waals surface area contributed by atoms with Crippen molar-refractivity contribution in [2.24, 2.45) is 11.7 Å². The van der Waals surface area contributed by atoms with Gasteiger partial charge in [-0.1, -0.05) is 24.3 Å². The number of nitrogens with zero attached hydrogens (tertiary/aromatic N) is 4. The molecule has 0 bridgehead atoms. The summed E-state index contributed by atoms with van der Waals surface area (Å²) < 4.78 is 13.5. The fourth-order valence-electron chi connectivity index (χ4n) is 8.15. The van der Waals surface area contributed by atoms with E-state index in [1.54, 1.807) is 23.1 Å². The number of nitrogens with two attached hydrogens (primary N) is 1. The molecule has 5 heterocycles. The standard InChI is InChI=1S/C41H42N8O9/c42-38(53)36-37(25-9-11-27(12-10-25)58-26-5-2-1-3-6-26)45-49-30(15-18-43-39(36)49)24-16-19-47(20-17-24)35(52)23-57-46-34(51)22-56-32-8-4-7-28-29(32)21-48(41(28)55)31-13-14-33(50)44-40(31)54/h1-12,24,30-31,43H,13-23H2,(H2,42,53)(H,46,51)(H,44,50,54)/t30-,31?/m0/s1. The number of aromatic nitrogens is 2.